The van der Waals surface area contributed by atoms with Crippen LogP contribution in [-0.2, 0) is 9.59 Å². The Morgan fingerprint density at radius 1 is 1.26 bits per heavy atom. The minimum atomic E-state index is -2.61. The molecule has 2 amide bonds. The van der Waals surface area contributed by atoms with E-state index in [4.69, 9.17) is 0 Å². The summed E-state index contributed by atoms with van der Waals surface area (Å²) in [6.45, 7) is 0.837. The van der Waals surface area contributed by atoms with Gasteiger partial charge in [-0.05, 0) is 25.7 Å². The number of halogens is 2. The lowest BCUT2D eigenvalue weighted by atomic mass is 9.82. The first-order chi connectivity index (χ1) is 9.00. The predicted molar refractivity (Wildman–Crippen MR) is 65.7 cm³/mol. The SMILES string of the molecule is CC1C(=O)NC(C2CCCCC2)C(=O)N1CC(F)F. The lowest BCUT2D eigenvalue weighted by Gasteiger charge is -2.41. The number of hydrogen-bond donors (Lipinski definition) is 1. The molecule has 0 aromatic rings. The summed E-state index contributed by atoms with van der Waals surface area (Å²) in [4.78, 5) is 25.2. The number of nitrogens with one attached hydrogen (secondary N) is 1. The third-order valence-electron chi connectivity index (χ3n) is 4.15. The van der Waals surface area contributed by atoms with Crippen molar-refractivity contribution in [2.75, 3.05) is 6.54 Å². The molecule has 2 unspecified atom stereocenters. The highest BCUT2D eigenvalue weighted by Gasteiger charge is 2.42. The molecule has 1 N–H and O–H groups in total. The fourth-order valence-electron chi connectivity index (χ4n) is 3.03. The van der Waals surface area contributed by atoms with Crippen LogP contribution in [0.3, 0.4) is 0 Å². The number of alkyl halides is 2. The lowest BCUT2D eigenvalue weighted by Crippen LogP contribution is -2.65. The van der Waals surface area contributed by atoms with Crippen molar-refractivity contribution in [3.8, 4) is 0 Å². The Morgan fingerprint density at radius 3 is 2.47 bits per heavy atom. The van der Waals surface area contributed by atoms with Crippen LogP contribution in [0.15, 0.2) is 0 Å². The van der Waals surface area contributed by atoms with Gasteiger partial charge in [0.15, 0.2) is 0 Å². The van der Waals surface area contributed by atoms with Crippen molar-refractivity contribution in [1.82, 2.24) is 10.2 Å². The fourth-order valence-corrected chi connectivity index (χ4v) is 3.03. The van der Waals surface area contributed by atoms with Gasteiger partial charge < -0.3 is 10.2 Å². The number of amides is 2. The van der Waals surface area contributed by atoms with Gasteiger partial charge in [-0.1, -0.05) is 19.3 Å². The average Bonchev–Trinajstić information content (AvgIpc) is 2.39. The Morgan fingerprint density at radius 2 is 1.89 bits per heavy atom. The van der Waals surface area contributed by atoms with Crippen molar-refractivity contribution >= 4 is 11.8 Å². The van der Waals surface area contributed by atoms with Gasteiger partial charge in [0.2, 0.25) is 11.8 Å². The van der Waals surface area contributed by atoms with Crippen LogP contribution in [0.5, 0.6) is 0 Å². The van der Waals surface area contributed by atoms with E-state index in [-0.39, 0.29) is 17.7 Å². The summed E-state index contributed by atoms with van der Waals surface area (Å²) in [6.07, 6.45) is 2.37. The molecule has 1 heterocycles. The molecular formula is C13H20F2N2O2. The third-order valence-corrected chi connectivity index (χ3v) is 4.15. The third kappa shape index (κ3) is 3.04. The van der Waals surface area contributed by atoms with Crippen LogP contribution < -0.4 is 5.32 Å². The van der Waals surface area contributed by atoms with Gasteiger partial charge in [-0.3, -0.25) is 9.59 Å². The summed E-state index contributed by atoms with van der Waals surface area (Å²) in [5.41, 5.74) is 0. The second-order valence-corrected chi connectivity index (χ2v) is 5.44. The minimum absolute atomic E-state index is 0.0953. The Kier molecular flexibility index (Phi) is 4.37. The normalized spacial score (nSPS) is 29.8. The van der Waals surface area contributed by atoms with Gasteiger partial charge in [-0.2, -0.15) is 0 Å². The summed E-state index contributed by atoms with van der Waals surface area (Å²) in [5, 5.41) is 2.71. The zero-order chi connectivity index (χ0) is 14.0. The lowest BCUT2D eigenvalue weighted by molar-refractivity contribution is -0.152. The molecule has 0 spiro atoms. The molecule has 0 radical (unpaired) electrons. The first-order valence-corrected chi connectivity index (χ1v) is 6.89. The molecule has 2 fully saturated rings. The molecule has 1 saturated carbocycles. The molecule has 1 saturated heterocycles. The van der Waals surface area contributed by atoms with Crippen molar-refractivity contribution in [2.45, 2.75) is 57.5 Å². The van der Waals surface area contributed by atoms with E-state index >= 15 is 0 Å². The molecule has 2 rings (SSSR count). The molecule has 6 heteroatoms. The van der Waals surface area contributed by atoms with Gasteiger partial charge in [-0.25, -0.2) is 8.78 Å². The van der Waals surface area contributed by atoms with E-state index in [1.807, 2.05) is 0 Å². The maximum absolute atomic E-state index is 12.5. The highest BCUT2D eigenvalue weighted by molar-refractivity contribution is 5.96. The molecule has 1 aliphatic heterocycles. The van der Waals surface area contributed by atoms with Crippen LogP contribution in [0, 0.1) is 5.92 Å². The number of carbonyl (C=O) groups excluding carboxylic acids is 2. The molecule has 2 aliphatic rings. The van der Waals surface area contributed by atoms with Gasteiger partial charge in [0.1, 0.15) is 12.1 Å². The molecule has 0 bridgehead atoms. The topological polar surface area (TPSA) is 49.4 Å². The second kappa shape index (κ2) is 5.84. The summed E-state index contributed by atoms with van der Waals surface area (Å²) in [6, 6.07) is -1.41. The average molecular weight is 274 g/mol. The molecule has 2 atom stereocenters. The Balaban J connectivity index is 2.11. The number of piperazine rings is 1. The van der Waals surface area contributed by atoms with Crippen LogP contribution in [0.2, 0.25) is 0 Å². The molecule has 19 heavy (non-hydrogen) atoms. The van der Waals surface area contributed by atoms with Gasteiger partial charge in [0.25, 0.3) is 6.43 Å². The van der Waals surface area contributed by atoms with E-state index in [2.05, 4.69) is 5.32 Å². The minimum Gasteiger partial charge on any atom is -0.342 e. The van der Waals surface area contributed by atoms with E-state index in [1.54, 1.807) is 0 Å². The van der Waals surface area contributed by atoms with E-state index in [1.165, 1.54) is 6.92 Å². The molecular weight excluding hydrogens is 254 g/mol. The van der Waals surface area contributed by atoms with Crippen molar-refractivity contribution < 1.29 is 18.4 Å². The highest BCUT2D eigenvalue weighted by atomic mass is 19.3. The van der Waals surface area contributed by atoms with E-state index in [0.29, 0.717) is 0 Å². The van der Waals surface area contributed by atoms with Crippen LogP contribution in [0.1, 0.15) is 39.0 Å². The highest BCUT2D eigenvalue weighted by Crippen LogP contribution is 2.29. The van der Waals surface area contributed by atoms with E-state index < -0.39 is 25.1 Å². The van der Waals surface area contributed by atoms with E-state index in [9.17, 15) is 18.4 Å². The maximum atomic E-state index is 12.5. The van der Waals surface area contributed by atoms with Crippen LogP contribution in [-0.4, -0.2) is 41.8 Å². The Hall–Kier alpha value is -1.20. The van der Waals surface area contributed by atoms with E-state index in [0.717, 1.165) is 37.0 Å². The fraction of sp³-hybridized carbons (Fsp3) is 0.846. The van der Waals surface area contributed by atoms with Crippen LogP contribution in [0.4, 0.5) is 8.78 Å². The summed E-state index contributed by atoms with van der Waals surface area (Å²) >= 11 is 0. The quantitative estimate of drug-likeness (QED) is 0.849. The van der Waals surface area contributed by atoms with Crippen molar-refractivity contribution in [2.24, 2.45) is 5.92 Å². The van der Waals surface area contributed by atoms with Gasteiger partial charge in [-0.15, -0.1) is 0 Å². The predicted octanol–water partition coefficient (Wildman–Crippen LogP) is 1.55. The number of nitrogens with zero attached hydrogens (tertiary/aromatic N) is 1. The number of rotatable bonds is 3. The Labute approximate surface area is 111 Å². The molecule has 4 nitrogen and oxygen atoms in total. The summed E-state index contributed by atoms with van der Waals surface area (Å²) in [5.74, 6) is -0.576. The van der Waals surface area contributed by atoms with Crippen LogP contribution >= 0.6 is 0 Å². The van der Waals surface area contributed by atoms with Crippen molar-refractivity contribution in [3.63, 3.8) is 0 Å². The first kappa shape index (κ1) is 14.2. The molecule has 0 aromatic heterocycles. The van der Waals surface area contributed by atoms with Gasteiger partial charge in [0, 0.05) is 0 Å². The second-order valence-electron chi connectivity index (χ2n) is 5.44. The van der Waals surface area contributed by atoms with Crippen LogP contribution in [0.25, 0.3) is 0 Å². The largest absolute Gasteiger partial charge is 0.342 e. The summed E-state index contributed by atoms with van der Waals surface area (Å²) < 4.78 is 25.1. The Bertz CT molecular complexity index is 357. The molecule has 108 valence electrons. The number of carbonyl (C=O) groups is 2. The zero-order valence-electron chi connectivity index (χ0n) is 11.1. The van der Waals surface area contributed by atoms with Gasteiger partial charge in [0.05, 0.1) is 6.54 Å². The van der Waals surface area contributed by atoms with Crippen molar-refractivity contribution in [1.29, 1.82) is 0 Å². The zero-order valence-corrected chi connectivity index (χ0v) is 11.1. The first-order valence-electron chi connectivity index (χ1n) is 6.89. The van der Waals surface area contributed by atoms with Gasteiger partial charge >= 0.3 is 0 Å². The molecule has 1 aliphatic carbocycles. The maximum Gasteiger partial charge on any atom is 0.255 e. The monoisotopic (exact) mass is 274 g/mol. The summed E-state index contributed by atoms with van der Waals surface area (Å²) in [7, 11) is 0. The number of hydrogen-bond acceptors (Lipinski definition) is 2. The molecule has 0 aromatic carbocycles. The smallest absolute Gasteiger partial charge is 0.255 e. The van der Waals surface area contributed by atoms with Crippen molar-refractivity contribution in [3.05, 3.63) is 0 Å². The standard InChI is InChI=1S/C13H20F2N2O2/c1-8-12(18)16-11(9-5-3-2-4-6-9)13(19)17(8)7-10(14)15/h8-11H,2-7H2,1H3,(H,16,18).